The van der Waals surface area contributed by atoms with Gasteiger partial charge >= 0.3 is 0 Å². The minimum atomic E-state index is -0.509. The van der Waals surface area contributed by atoms with E-state index in [9.17, 15) is 4.39 Å². The lowest BCUT2D eigenvalue weighted by Gasteiger charge is -2.19. The van der Waals surface area contributed by atoms with Crippen LogP contribution >= 0.6 is 0 Å². The van der Waals surface area contributed by atoms with E-state index in [0.717, 1.165) is 11.1 Å². The Hall–Kier alpha value is -3.35. The molecule has 1 unspecified atom stereocenters. The van der Waals surface area contributed by atoms with Gasteiger partial charge in [-0.05, 0) is 37.3 Å². The summed E-state index contributed by atoms with van der Waals surface area (Å²) in [5, 5.41) is 0. The molecule has 0 saturated carbocycles. The van der Waals surface area contributed by atoms with Crippen molar-refractivity contribution in [3.63, 3.8) is 0 Å². The number of nitrogens with two attached hydrogens (primary N) is 1. The number of anilines is 1. The van der Waals surface area contributed by atoms with E-state index >= 15 is 0 Å². The van der Waals surface area contributed by atoms with E-state index in [1.807, 2.05) is 0 Å². The van der Waals surface area contributed by atoms with Crippen LogP contribution in [0.4, 0.5) is 10.2 Å². The van der Waals surface area contributed by atoms with Gasteiger partial charge in [0.1, 0.15) is 23.4 Å². The lowest BCUT2D eigenvalue weighted by molar-refractivity contribution is 0.221. The van der Waals surface area contributed by atoms with Crippen LogP contribution in [0.15, 0.2) is 48.9 Å². The Morgan fingerprint density at radius 2 is 1.78 bits per heavy atom. The SMILES string of the molecule is COc1ccncc1-c1cnc(N)c(OC(C)c2cc(F)ccc2OC)c1. The van der Waals surface area contributed by atoms with E-state index in [4.69, 9.17) is 19.9 Å². The zero-order valence-corrected chi connectivity index (χ0v) is 15.3. The van der Waals surface area contributed by atoms with Gasteiger partial charge in [0.15, 0.2) is 11.6 Å². The number of halogens is 1. The van der Waals surface area contributed by atoms with Crippen LogP contribution in [0.2, 0.25) is 0 Å². The highest BCUT2D eigenvalue weighted by atomic mass is 19.1. The molecule has 3 rings (SSSR count). The van der Waals surface area contributed by atoms with E-state index in [1.54, 1.807) is 50.8 Å². The molecule has 0 bridgehead atoms. The smallest absolute Gasteiger partial charge is 0.166 e. The third-order valence-corrected chi connectivity index (χ3v) is 4.13. The van der Waals surface area contributed by atoms with Gasteiger partial charge in [-0.1, -0.05) is 0 Å². The van der Waals surface area contributed by atoms with E-state index < -0.39 is 6.10 Å². The van der Waals surface area contributed by atoms with E-state index in [1.165, 1.54) is 19.2 Å². The van der Waals surface area contributed by atoms with Crippen LogP contribution in [-0.2, 0) is 0 Å². The first kappa shape index (κ1) is 18.4. The Bertz CT molecular complexity index is 950. The van der Waals surface area contributed by atoms with Crippen molar-refractivity contribution in [1.29, 1.82) is 0 Å². The molecule has 140 valence electrons. The average Bonchev–Trinajstić information content (AvgIpc) is 2.69. The van der Waals surface area contributed by atoms with Gasteiger partial charge in [0, 0.05) is 35.3 Å². The topological polar surface area (TPSA) is 79.5 Å². The molecule has 0 radical (unpaired) electrons. The second kappa shape index (κ2) is 7.90. The molecule has 0 aliphatic carbocycles. The summed E-state index contributed by atoms with van der Waals surface area (Å²) in [5.74, 6) is 1.41. The van der Waals surface area contributed by atoms with Crippen molar-refractivity contribution in [2.75, 3.05) is 20.0 Å². The van der Waals surface area contributed by atoms with Crippen molar-refractivity contribution in [3.05, 3.63) is 60.3 Å². The number of ether oxygens (including phenoxy) is 3. The molecule has 3 aromatic rings. The lowest BCUT2D eigenvalue weighted by atomic mass is 10.1. The molecule has 0 fully saturated rings. The summed E-state index contributed by atoms with van der Waals surface area (Å²) in [7, 11) is 3.11. The molecule has 6 nitrogen and oxygen atoms in total. The predicted octanol–water partition coefficient (Wildman–Crippen LogP) is 4.02. The minimum absolute atomic E-state index is 0.226. The molecule has 2 heterocycles. The van der Waals surface area contributed by atoms with Crippen LogP contribution in [0.5, 0.6) is 17.2 Å². The number of benzene rings is 1. The van der Waals surface area contributed by atoms with Crippen LogP contribution in [0, 0.1) is 5.82 Å². The summed E-state index contributed by atoms with van der Waals surface area (Å²) in [4.78, 5) is 8.33. The molecule has 0 amide bonds. The third kappa shape index (κ3) is 3.92. The van der Waals surface area contributed by atoms with Gasteiger partial charge in [0.05, 0.1) is 14.2 Å². The summed E-state index contributed by atoms with van der Waals surface area (Å²) >= 11 is 0. The molecule has 7 heteroatoms. The molecule has 0 spiro atoms. The monoisotopic (exact) mass is 369 g/mol. The Morgan fingerprint density at radius 3 is 2.52 bits per heavy atom. The van der Waals surface area contributed by atoms with E-state index in [-0.39, 0.29) is 11.6 Å². The van der Waals surface area contributed by atoms with Crippen molar-refractivity contribution >= 4 is 5.82 Å². The van der Waals surface area contributed by atoms with Crippen LogP contribution < -0.4 is 19.9 Å². The number of hydrogen-bond acceptors (Lipinski definition) is 6. The highest BCUT2D eigenvalue weighted by Crippen LogP contribution is 2.35. The second-order valence-corrected chi connectivity index (χ2v) is 5.83. The molecule has 2 N–H and O–H groups in total. The summed E-state index contributed by atoms with van der Waals surface area (Å²) in [5.41, 5.74) is 8.04. The standard InChI is InChI=1S/C20H20FN3O3/c1-12(15-9-14(21)4-5-17(15)25-2)27-19-8-13(10-24-20(19)22)16-11-23-7-6-18(16)26-3/h4-12H,1-3H3,(H2,22,24). The minimum Gasteiger partial charge on any atom is -0.496 e. The number of nitrogens with zero attached hydrogens (tertiary/aromatic N) is 2. The van der Waals surface area contributed by atoms with Crippen molar-refractivity contribution in [1.82, 2.24) is 9.97 Å². The number of aromatic nitrogens is 2. The Balaban J connectivity index is 1.95. The van der Waals surface area contributed by atoms with Crippen LogP contribution in [0.25, 0.3) is 11.1 Å². The molecule has 1 aromatic carbocycles. The molecular weight excluding hydrogens is 349 g/mol. The molecule has 0 aliphatic heterocycles. The maximum Gasteiger partial charge on any atom is 0.166 e. The Kier molecular flexibility index (Phi) is 5.40. The number of rotatable bonds is 6. The van der Waals surface area contributed by atoms with Gasteiger partial charge < -0.3 is 19.9 Å². The fourth-order valence-electron chi connectivity index (χ4n) is 2.75. The molecular formula is C20H20FN3O3. The fraction of sp³-hybridized carbons (Fsp3) is 0.200. The summed E-state index contributed by atoms with van der Waals surface area (Å²) in [6.07, 6.45) is 4.43. The lowest BCUT2D eigenvalue weighted by Crippen LogP contribution is -2.08. The van der Waals surface area contributed by atoms with Crippen molar-refractivity contribution in [3.8, 4) is 28.4 Å². The molecule has 2 aromatic heterocycles. The first-order chi connectivity index (χ1) is 13.0. The third-order valence-electron chi connectivity index (χ3n) is 4.13. The van der Waals surface area contributed by atoms with Crippen LogP contribution in [0.1, 0.15) is 18.6 Å². The molecule has 0 saturated heterocycles. The fourth-order valence-corrected chi connectivity index (χ4v) is 2.75. The number of pyridine rings is 2. The molecule has 1 atom stereocenters. The summed E-state index contributed by atoms with van der Waals surface area (Å²) in [6.45, 7) is 1.79. The normalized spacial score (nSPS) is 11.7. The van der Waals surface area contributed by atoms with Crippen molar-refractivity contribution < 1.29 is 18.6 Å². The van der Waals surface area contributed by atoms with Gasteiger partial charge in [-0.15, -0.1) is 0 Å². The van der Waals surface area contributed by atoms with Crippen molar-refractivity contribution in [2.24, 2.45) is 0 Å². The van der Waals surface area contributed by atoms with Gasteiger partial charge in [-0.2, -0.15) is 0 Å². The first-order valence-electron chi connectivity index (χ1n) is 8.27. The highest BCUT2D eigenvalue weighted by molar-refractivity contribution is 5.71. The summed E-state index contributed by atoms with van der Waals surface area (Å²) < 4.78 is 30.3. The first-order valence-corrected chi connectivity index (χ1v) is 8.27. The Labute approximate surface area is 156 Å². The van der Waals surface area contributed by atoms with Crippen LogP contribution in [0.3, 0.4) is 0 Å². The number of nitrogen functional groups attached to an aromatic ring is 1. The predicted molar refractivity (Wildman–Crippen MR) is 100 cm³/mol. The number of methoxy groups -OCH3 is 2. The zero-order valence-electron chi connectivity index (χ0n) is 15.3. The Morgan fingerprint density at radius 1 is 1.00 bits per heavy atom. The second-order valence-electron chi connectivity index (χ2n) is 5.83. The number of hydrogen-bond donors (Lipinski definition) is 1. The maximum atomic E-state index is 13.7. The highest BCUT2D eigenvalue weighted by Gasteiger charge is 2.17. The van der Waals surface area contributed by atoms with Crippen molar-refractivity contribution in [2.45, 2.75) is 13.0 Å². The van der Waals surface area contributed by atoms with Gasteiger partial charge in [-0.25, -0.2) is 9.37 Å². The largest absolute Gasteiger partial charge is 0.496 e. The average molecular weight is 369 g/mol. The molecule has 0 aliphatic rings. The summed E-state index contributed by atoms with van der Waals surface area (Å²) in [6, 6.07) is 7.78. The van der Waals surface area contributed by atoms with E-state index in [2.05, 4.69) is 9.97 Å². The van der Waals surface area contributed by atoms with E-state index in [0.29, 0.717) is 22.8 Å². The van der Waals surface area contributed by atoms with Gasteiger partial charge in [0.2, 0.25) is 0 Å². The zero-order chi connectivity index (χ0) is 19.4. The van der Waals surface area contributed by atoms with Gasteiger partial charge in [-0.3, -0.25) is 4.98 Å². The van der Waals surface area contributed by atoms with Gasteiger partial charge in [0.25, 0.3) is 0 Å². The maximum absolute atomic E-state index is 13.7. The van der Waals surface area contributed by atoms with Crippen LogP contribution in [-0.4, -0.2) is 24.2 Å². The quantitative estimate of drug-likeness (QED) is 0.707. The molecule has 27 heavy (non-hydrogen) atoms.